The largest absolute Gasteiger partial charge is 0.492 e. The molecule has 0 amide bonds. The lowest BCUT2D eigenvalue weighted by molar-refractivity contribution is -0.151. The van der Waals surface area contributed by atoms with Gasteiger partial charge < -0.3 is 9.47 Å². The van der Waals surface area contributed by atoms with Crippen molar-refractivity contribution in [3.05, 3.63) is 28.2 Å². The van der Waals surface area contributed by atoms with Gasteiger partial charge in [-0.1, -0.05) is 6.07 Å². The van der Waals surface area contributed by atoms with Gasteiger partial charge in [-0.05, 0) is 47.0 Å². The summed E-state index contributed by atoms with van der Waals surface area (Å²) in [5.74, 6) is -0.596. The van der Waals surface area contributed by atoms with E-state index in [1.165, 1.54) is 7.11 Å². The van der Waals surface area contributed by atoms with Crippen molar-refractivity contribution in [3.63, 3.8) is 0 Å². The molecule has 1 aromatic carbocycles. The predicted molar refractivity (Wildman–Crippen MR) is 70.6 cm³/mol. The zero-order chi connectivity index (χ0) is 13.5. The van der Waals surface area contributed by atoms with E-state index in [4.69, 9.17) is 4.74 Å². The van der Waals surface area contributed by atoms with Crippen molar-refractivity contribution in [3.8, 4) is 5.75 Å². The Labute approximate surface area is 114 Å². The lowest BCUT2D eigenvalue weighted by atomic mass is 10.2. The molecule has 0 fully saturated rings. The van der Waals surface area contributed by atoms with Crippen LogP contribution in [0.5, 0.6) is 5.75 Å². The molecule has 1 rings (SSSR count). The van der Waals surface area contributed by atoms with Gasteiger partial charge in [0.1, 0.15) is 5.75 Å². The molecule has 0 radical (unpaired) electrons. The number of carbonyl (C=O) groups is 2. The highest BCUT2D eigenvalue weighted by Gasteiger charge is 2.12. The van der Waals surface area contributed by atoms with Crippen molar-refractivity contribution < 1.29 is 19.1 Å². The molecule has 98 valence electrons. The van der Waals surface area contributed by atoms with Crippen molar-refractivity contribution in [2.24, 2.45) is 0 Å². The fourth-order valence-electron chi connectivity index (χ4n) is 1.35. The Bertz CT molecular complexity index is 443. The van der Waals surface area contributed by atoms with Gasteiger partial charge in [0.05, 0.1) is 18.2 Å². The summed E-state index contributed by atoms with van der Waals surface area (Å²) >= 11 is 3.40. The molecule has 0 aromatic heterocycles. The molecule has 0 aliphatic rings. The Hall–Kier alpha value is -1.36. The van der Waals surface area contributed by atoms with Gasteiger partial charge in [-0.25, -0.2) is 4.79 Å². The normalized spacial score (nSPS) is 9.94. The Morgan fingerprint density at radius 2 is 2.06 bits per heavy atom. The molecule has 0 aliphatic heterocycles. The van der Waals surface area contributed by atoms with Crippen LogP contribution in [0.4, 0.5) is 0 Å². The van der Waals surface area contributed by atoms with E-state index < -0.39 is 11.8 Å². The number of esters is 1. The van der Waals surface area contributed by atoms with E-state index in [-0.39, 0.29) is 6.42 Å². The van der Waals surface area contributed by atoms with Crippen LogP contribution in [0.25, 0.3) is 0 Å². The summed E-state index contributed by atoms with van der Waals surface area (Å²) in [5, 5.41) is 0. The van der Waals surface area contributed by atoms with E-state index in [9.17, 15) is 9.59 Å². The van der Waals surface area contributed by atoms with Crippen LogP contribution in [0.3, 0.4) is 0 Å². The lowest BCUT2D eigenvalue weighted by Gasteiger charge is -2.08. The standard InChI is InChI=1S/C13H15BrO4/c1-9-5-6-12(10(14)8-9)18-7-3-4-11(15)13(16)17-2/h5-6,8H,3-4,7H2,1-2H3. The summed E-state index contributed by atoms with van der Waals surface area (Å²) in [6.45, 7) is 2.37. The number of Topliss-reactive ketones (excluding diaryl/α,β-unsaturated/α-hetero) is 1. The van der Waals surface area contributed by atoms with Crippen LogP contribution in [0.1, 0.15) is 18.4 Å². The average molecular weight is 315 g/mol. The molecule has 0 saturated carbocycles. The molecule has 0 saturated heterocycles. The first-order valence-electron chi connectivity index (χ1n) is 5.54. The maximum atomic E-state index is 11.2. The Morgan fingerprint density at radius 1 is 1.33 bits per heavy atom. The summed E-state index contributed by atoms with van der Waals surface area (Å²) in [6.07, 6.45) is 0.615. The van der Waals surface area contributed by atoms with Gasteiger partial charge in [-0.15, -0.1) is 0 Å². The molecule has 0 N–H and O–H groups in total. The number of hydrogen-bond donors (Lipinski definition) is 0. The Balaban J connectivity index is 2.34. The lowest BCUT2D eigenvalue weighted by Crippen LogP contribution is -2.16. The molecule has 0 aliphatic carbocycles. The molecule has 4 nitrogen and oxygen atoms in total. The number of benzene rings is 1. The topological polar surface area (TPSA) is 52.6 Å². The molecular formula is C13H15BrO4. The first-order valence-corrected chi connectivity index (χ1v) is 6.34. The van der Waals surface area contributed by atoms with Crippen LogP contribution in [-0.4, -0.2) is 25.5 Å². The van der Waals surface area contributed by atoms with Gasteiger partial charge in [-0.3, -0.25) is 4.79 Å². The Kier molecular flexibility index (Phi) is 5.85. The number of halogens is 1. The van der Waals surface area contributed by atoms with Crippen molar-refractivity contribution in [2.45, 2.75) is 19.8 Å². The van der Waals surface area contributed by atoms with Crippen LogP contribution in [0, 0.1) is 6.92 Å². The average Bonchev–Trinajstić information content (AvgIpc) is 2.35. The second kappa shape index (κ2) is 7.16. The van der Waals surface area contributed by atoms with Gasteiger partial charge in [0, 0.05) is 6.42 Å². The second-order valence-corrected chi connectivity index (χ2v) is 4.65. The van der Waals surface area contributed by atoms with Gasteiger partial charge in [0.25, 0.3) is 0 Å². The van der Waals surface area contributed by atoms with Crippen molar-refractivity contribution >= 4 is 27.7 Å². The highest BCUT2D eigenvalue weighted by atomic mass is 79.9. The third-order valence-corrected chi connectivity index (χ3v) is 2.93. The quantitative estimate of drug-likeness (QED) is 0.460. The molecular weight excluding hydrogens is 300 g/mol. The van der Waals surface area contributed by atoms with Crippen molar-refractivity contribution in [1.82, 2.24) is 0 Å². The van der Waals surface area contributed by atoms with Crippen LogP contribution in [0.2, 0.25) is 0 Å². The van der Waals surface area contributed by atoms with E-state index in [1.54, 1.807) is 0 Å². The fourth-order valence-corrected chi connectivity index (χ4v) is 1.96. The van der Waals surface area contributed by atoms with E-state index in [0.29, 0.717) is 13.0 Å². The summed E-state index contributed by atoms with van der Waals surface area (Å²) in [6, 6.07) is 5.76. The molecule has 18 heavy (non-hydrogen) atoms. The van der Waals surface area contributed by atoms with Crippen molar-refractivity contribution in [2.75, 3.05) is 13.7 Å². The zero-order valence-electron chi connectivity index (χ0n) is 10.4. The fraction of sp³-hybridized carbons (Fsp3) is 0.385. The monoisotopic (exact) mass is 314 g/mol. The molecule has 0 unspecified atom stereocenters. The number of methoxy groups -OCH3 is 1. The van der Waals surface area contributed by atoms with E-state index in [1.807, 2.05) is 25.1 Å². The maximum absolute atomic E-state index is 11.2. The van der Waals surface area contributed by atoms with Crippen LogP contribution >= 0.6 is 15.9 Å². The predicted octanol–water partition coefficient (Wildman–Crippen LogP) is 2.66. The van der Waals surface area contributed by atoms with Crippen LogP contribution in [-0.2, 0) is 14.3 Å². The summed E-state index contributed by atoms with van der Waals surface area (Å²) in [4.78, 5) is 22.0. The van der Waals surface area contributed by atoms with E-state index in [2.05, 4.69) is 20.7 Å². The minimum atomic E-state index is -0.800. The molecule has 0 spiro atoms. The smallest absolute Gasteiger partial charge is 0.374 e. The van der Waals surface area contributed by atoms with E-state index in [0.717, 1.165) is 15.8 Å². The Morgan fingerprint density at radius 3 is 2.67 bits per heavy atom. The summed E-state index contributed by atoms with van der Waals surface area (Å²) in [7, 11) is 1.19. The number of rotatable bonds is 6. The summed E-state index contributed by atoms with van der Waals surface area (Å²) < 4.78 is 10.7. The maximum Gasteiger partial charge on any atom is 0.374 e. The first kappa shape index (κ1) is 14.7. The minimum absolute atomic E-state index is 0.135. The van der Waals surface area contributed by atoms with E-state index >= 15 is 0 Å². The van der Waals surface area contributed by atoms with Gasteiger partial charge in [-0.2, -0.15) is 0 Å². The highest BCUT2D eigenvalue weighted by molar-refractivity contribution is 9.10. The number of ether oxygens (including phenoxy) is 2. The minimum Gasteiger partial charge on any atom is -0.492 e. The SMILES string of the molecule is COC(=O)C(=O)CCCOc1ccc(C)cc1Br. The first-order chi connectivity index (χ1) is 8.54. The molecule has 0 bridgehead atoms. The van der Waals surface area contributed by atoms with Crippen LogP contribution in [0.15, 0.2) is 22.7 Å². The number of ketones is 1. The number of aryl methyl sites for hydroxylation is 1. The summed E-state index contributed by atoms with van der Waals surface area (Å²) in [5.41, 5.74) is 1.13. The highest BCUT2D eigenvalue weighted by Crippen LogP contribution is 2.25. The third kappa shape index (κ3) is 4.49. The van der Waals surface area contributed by atoms with Crippen molar-refractivity contribution in [1.29, 1.82) is 0 Å². The number of carbonyl (C=O) groups excluding carboxylic acids is 2. The third-order valence-electron chi connectivity index (χ3n) is 2.31. The zero-order valence-corrected chi connectivity index (χ0v) is 12.0. The number of hydrogen-bond acceptors (Lipinski definition) is 4. The molecule has 0 atom stereocenters. The van der Waals surface area contributed by atoms with Gasteiger partial charge in [0.15, 0.2) is 0 Å². The van der Waals surface area contributed by atoms with Gasteiger partial charge >= 0.3 is 5.97 Å². The molecule has 1 aromatic rings. The molecule has 0 heterocycles. The second-order valence-electron chi connectivity index (χ2n) is 3.80. The molecule has 5 heteroatoms. The van der Waals surface area contributed by atoms with Crippen LogP contribution < -0.4 is 4.74 Å². The van der Waals surface area contributed by atoms with Gasteiger partial charge in [0.2, 0.25) is 5.78 Å².